The maximum Gasteiger partial charge on any atom is 0.251 e. The fraction of sp³-hybridized carbons (Fsp3) is 0.174. The largest absolute Gasteiger partial charge is 0.489 e. The molecule has 0 heterocycles. The highest BCUT2D eigenvalue weighted by atomic mass is 32.2. The molecule has 7 heteroatoms. The SMILES string of the molecule is CCNS(=O)(=O)c1ccc(C(=O)NCc2cccc(COc3ccccc3)c2)cc1. The van der Waals surface area contributed by atoms with Crippen molar-refractivity contribution in [1.82, 2.24) is 10.0 Å². The van der Waals surface area contributed by atoms with Gasteiger partial charge in [0.05, 0.1) is 4.90 Å². The van der Waals surface area contributed by atoms with E-state index in [-0.39, 0.29) is 10.8 Å². The molecule has 0 bridgehead atoms. The minimum atomic E-state index is -3.53. The monoisotopic (exact) mass is 424 g/mol. The molecular weight excluding hydrogens is 400 g/mol. The molecule has 0 aliphatic carbocycles. The van der Waals surface area contributed by atoms with Crippen molar-refractivity contribution in [2.24, 2.45) is 0 Å². The average Bonchev–Trinajstić information content (AvgIpc) is 2.77. The minimum absolute atomic E-state index is 0.131. The molecule has 156 valence electrons. The first-order valence-electron chi connectivity index (χ1n) is 9.61. The highest BCUT2D eigenvalue weighted by molar-refractivity contribution is 7.89. The molecule has 0 radical (unpaired) electrons. The van der Waals surface area contributed by atoms with Crippen LogP contribution < -0.4 is 14.8 Å². The van der Waals surface area contributed by atoms with Gasteiger partial charge >= 0.3 is 0 Å². The summed E-state index contributed by atoms with van der Waals surface area (Å²) in [7, 11) is -3.53. The van der Waals surface area contributed by atoms with Gasteiger partial charge in [0, 0.05) is 18.7 Å². The summed E-state index contributed by atoms with van der Waals surface area (Å²) >= 11 is 0. The van der Waals surface area contributed by atoms with E-state index in [9.17, 15) is 13.2 Å². The minimum Gasteiger partial charge on any atom is -0.489 e. The van der Waals surface area contributed by atoms with E-state index in [1.54, 1.807) is 6.92 Å². The summed E-state index contributed by atoms with van der Waals surface area (Å²) in [6.07, 6.45) is 0. The van der Waals surface area contributed by atoms with Gasteiger partial charge in [-0.15, -0.1) is 0 Å². The normalized spacial score (nSPS) is 11.1. The molecular formula is C23H24N2O4S. The highest BCUT2D eigenvalue weighted by Crippen LogP contribution is 2.14. The maximum atomic E-state index is 12.4. The molecule has 3 aromatic carbocycles. The van der Waals surface area contributed by atoms with Crippen molar-refractivity contribution >= 4 is 15.9 Å². The number of hydrogen-bond donors (Lipinski definition) is 2. The fourth-order valence-corrected chi connectivity index (χ4v) is 3.90. The van der Waals surface area contributed by atoms with E-state index in [0.29, 0.717) is 25.3 Å². The van der Waals surface area contributed by atoms with E-state index in [1.165, 1.54) is 24.3 Å². The Labute approximate surface area is 177 Å². The zero-order valence-corrected chi connectivity index (χ0v) is 17.5. The van der Waals surface area contributed by atoms with E-state index in [0.717, 1.165) is 16.9 Å². The van der Waals surface area contributed by atoms with Crippen LogP contribution in [0.5, 0.6) is 5.75 Å². The quantitative estimate of drug-likeness (QED) is 0.551. The average molecular weight is 425 g/mol. The summed E-state index contributed by atoms with van der Waals surface area (Å²) in [4.78, 5) is 12.5. The molecule has 2 N–H and O–H groups in total. The number of rotatable bonds is 9. The summed E-state index contributed by atoms with van der Waals surface area (Å²) in [6, 6.07) is 23.2. The molecule has 6 nitrogen and oxygen atoms in total. The second-order valence-electron chi connectivity index (χ2n) is 6.63. The molecule has 30 heavy (non-hydrogen) atoms. The Bertz CT molecular complexity index is 1080. The molecule has 3 rings (SSSR count). The summed E-state index contributed by atoms with van der Waals surface area (Å²) in [6.45, 7) is 2.81. The van der Waals surface area contributed by atoms with E-state index >= 15 is 0 Å². The Morgan fingerprint density at radius 3 is 2.30 bits per heavy atom. The predicted octanol–water partition coefficient (Wildman–Crippen LogP) is 3.49. The van der Waals surface area contributed by atoms with Gasteiger partial charge in [0.25, 0.3) is 5.91 Å². The van der Waals surface area contributed by atoms with E-state index < -0.39 is 10.0 Å². The summed E-state index contributed by atoms with van der Waals surface area (Å²) in [5, 5.41) is 2.85. The van der Waals surface area contributed by atoms with Crippen molar-refractivity contribution in [2.75, 3.05) is 6.54 Å². The molecule has 0 saturated heterocycles. The zero-order chi connectivity index (χ0) is 21.4. The van der Waals surface area contributed by atoms with Crippen molar-refractivity contribution < 1.29 is 17.9 Å². The number of hydrogen-bond acceptors (Lipinski definition) is 4. The second-order valence-corrected chi connectivity index (χ2v) is 8.40. The molecule has 0 saturated carbocycles. The molecule has 0 spiro atoms. The molecule has 0 aliphatic rings. The zero-order valence-electron chi connectivity index (χ0n) is 16.7. The van der Waals surface area contributed by atoms with Gasteiger partial charge < -0.3 is 10.1 Å². The lowest BCUT2D eigenvalue weighted by atomic mass is 10.1. The number of ether oxygens (including phenoxy) is 1. The highest BCUT2D eigenvalue weighted by Gasteiger charge is 2.13. The van der Waals surface area contributed by atoms with Crippen molar-refractivity contribution in [3.05, 3.63) is 95.6 Å². The number of para-hydroxylation sites is 1. The van der Waals surface area contributed by atoms with Gasteiger partial charge in [0.15, 0.2) is 0 Å². The number of amides is 1. The summed E-state index contributed by atoms with van der Waals surface area (Å²) in [5.41, 5.74) is 2.35. The van der Waals surface area contributed by atoms with Crippen molar-refractivity contribution in [1.29, 1.82) is 0 Å². The number of sulfonamides is 1. The van der Waals surface area contributed by atoms with Gasteiger partial charge in [-0.3, -0.25) is 4.79 Å². The van der Waals surface area contributed by atoms with Gasteiger partial charge in [-0.25, -0.2) is 13.1 Å². The maximum absolute atomic E-state index is 12.4. The lowest BCUT2D eigenvalue weighted by Crippen LogP contribution is -2.24. The third-order valence-electron chi connectivity index (χ3n) is 4.35. The molecule has 0 atom stereocenters. The Hall–Kier alpha value is -3.16. The first-order valence-corrected chi connectivity index (χ1v) is 11.1. The van der Waals surface area contributed by atoms with Crippen LogP contribution in [0.25, 0.3) is 0 Å². The molecule has 0 aromatic heterocycles. The van der Waals surface area contributed by atoms with Gasteiger partial charge in [-0.2, -0.15) is 0 Å². The standard InChI is InChI=1S/C23H24N2O4S/c1-2-25-30(27,28)22-13-11-20(12-14-22)23(26)24-16-18-7-6-8-19(15-18)17-29-21-9-4-3-5-10-21/h3-15,25H,2,16-17H2,1H3,(H,24,26). The lowest BCUT2D eigenvalue weighted by molar-refractivity contribution is 0.0951. The van der Waals surface area contributed by atoms with Crippen LogP contribution in [0.15, 0.2) is 83.8 Å². The van der Waals surface area contributed by atoms with Gasteiger partial charge in [-0.1, -0.05) is 49.4 Å². The van der Waals surface area contributed by atoms with Crippen molar-refractivity contribution in [2.45, 2.75) is 25.0 Å². The first-order chi connectivity index (χ1) is 14.5. The topological polar surface area (TPSA) is 84.5 Å². The third kappa shape index (κ3) is 5.92. The molecule has 3 aromatic rings. The van der Waals surface area contributed by atoms with Crippen molar-refractivity contribution in [3.63, 3.8) is 0 Å². The number of benzene rings is 3. The smallest absolute Gasteiger partial charge is 0.251 e. The molecule has 0 fully saturated rings. The first kappa shape index (κ1) is 21.5. The Balaban J connectivity index is 1.57. The van der Waals surface area contributed by atoms with E-state index in [1.807, 2.05) is 54.6 Å². The van der Waals surface area contributed by atoms with Crippen LogP contribution in [0, 0.1) is 0 Å². The lowest BCUT2D eigenvalue weighted by Gasteiger charge is -2.10. The summed E-state index contributed by atoms with van der Waals surface area (Å²) < 4.78 is 32.1. The Morgan fingerprint density at radius 1 is 0.900 bits per heavy atom. The Kier molecular flexibility index (Phi) is 7.21. The molecule has 1 amide bonds. The van der Waals surface area contributed by atoms with Crippen molar-refractivity contribution in [3.8, 4) is 5.75 Å². The number of carbonyl (C=O) groups excluding carboxylic acids is 1. The van der Waals surface area contributed by atoms with E-state index in [2.05, 4.69) is 10.0 Å². The van der Waals surface area contributed by atoms with E-state index in [4.69, 9.17) is 4.74 Å². The fourth-order valence-electron chi connectivity index (χ4n) is 2.86. The van der Waals surface area contributed by atoms with Crippen LogP contribution >= 0.6 is 0 Å². The third-order valence-corrected chi connectivity index (χ3v) is 5.92. The van der Waals surface area contributed by atoms with Crippen LogP contribution in [0.3, 0.4) is 0 Å². The second kappa shape index (κ2) is 10.0. The number of carbonyl (C=O) groups is 1. The van der Waals surface area contributed by atoms with Gasteiger partial charge in [-0.05, 0) is 47.5 Å². The van der Waals surface area contributed by atoms with Gasteiger partial charge in [0.1, 0.15) is 12.4 Å². The van der Waals surface area contributed by atoms with Crippen LogP contribution in [0.2, 0.25) is 0 Å². The van der Waals surface area contributed by atoms with Crippen LogP contribution in [0.1, 0.15) is 28.4 Å². The van der Waals surface area contributed by atoms with Crippen LogP contribution in [-0.2, 0) is 23.2 Å². The molecule has 0 aliphatic heterocycles. The van der Waals surface area contributed by atoms with Gasteiger partial charge in [0.2, 0.25) is 10.0 Å². The van der Waals surface area contributed by atoms with Crippen LogP contribution in [-0.4, -0.2) is 20.9 Å². The molecule has 0 unspecified atom stereocenters. The van der Waals surface area contributed by atoms with Crippen LogP contribution in [0.4, 0.5) is 0 Å². The predicted molar refractivity (Wildman–Crippen MR) is 116 cm³/mol. The Morgan fingerprint density at radius 2 is 1.60 bits per heavy atom. The number of nitrogens with one attached hydrogen (secondary N) is 2. The summed E-state index contributed by atoms with van der Waals surface area (Å²) in [5.74, 6) is 0.532.